The van der Waals surface area contributed by atoms with E-state index >= 15 is 0 Å². The van der Waals surface area contributed by atoms with E-state index < -0.39 is 4.92 Å². The Hall–Kier alpha value is -1.17. The number of nitro groups is 1. The van der Waals surface area contributed by atoms with E-state index in [1.807, 2.05) is 0 Å². The number of pyridine rings is 1. The lowest BCUT2D eigenvalue weighted by molar-refractivity contribution is -0.385. The number of nitrogens with one attached hydrogen (secondary N) is 1. The van der Waals surface area contributed by atoms with Crippen LogP contribution in [-0.2, 0) is 0 Å². The predicted molar refractivity (Wildman–Crippen MR) is 71.5 cm³/mol. The van der Waals surface area contributed by atoms with E-state index in [-0.39, 0.29) is 5.69 Å². The van der Waals surface area contributed by atoms with Gasteiger partial charge in [-0.15, -0.1) is 0 Å². The molecule has 1 heterocycles. The number of aromatic nitrogens is 1. The van der Waals surface area contributed by atoms with Crippen molar-refractivity contribution in [3.8, 4) is 0 Å². The van der Waals surface area contributed by atoms with Crippen LogP contribution in [0.4, 0.5) is 11.5 Å². The first kappa shape index (κ1) is 11.9. The second-order valence-electron chi connectivity index (χ2n) is 5.27. The first-order chi connectivity index (χ1) is 8.61. The summed E-state index contributed by atoms with van der Waals surface area (Å²) in [5, 5.41) is 13.9. The second kappa shape index (κ2) is 4.19. The van der Waals surface area contributed by atoms with Crippen LogP contribution in [0.2, 0.25) is 0 Å². The number of halogens is 1. The van der Waals surface area contributed by atoms with Crippen LogP contribution in [0.25, 0.3) is 0 Å². The third kappa shape index (κ3) is 2.21. The number of nitrogens with zero attached hydrogens (tertiary/aromatic N) is 2. The second-order valence-corrected chi connectivity index (χ2v) is 6.13. The lowest BCUT2D eigenvalue weighted by Crippen LogP contribution is -2.18. The van der Waals surface area contributed by atoms with Gasteiger partial charge in [-0.05, 0) is 52.9 Å². The molecule has 0 amide bonds. The molecular weight excluding hydrogens is 298 g/mol. The van der Waals surface area contributed by atoms with Crippen molar-refractivity contribution in [2.24, 2.45) is 11.3 Å². The van der Waals surface area contributed by atoms with Crippen molar-refractivity contribution in [3.63, 3.8) is 0 Å². The molecule has 0 atom stereocenters. The number of anilines is 1. The molecule has 0 spiro atoms. The smallest absolute Gasteiger partial charge is 0.288 e. The highest BCUT2D eigenvalue weighted by molar-refractivity contribution is 9.10. The maximum atomic E-state index is 10.6. The van der Waals surface area contributed by atoms with Gasteiger partial charge in [0.15, 0.2) is 0 Å². The molecule has 2 aliphatic rings. The fourth-order valence-electron chi connectivity index (χ4n) is 2.50. The minimum Gasteiger partial charge on any atom is -0.369 e. The van der Waals surface area contributed by atoms with Gasteiger partial charge in [0.05, 0.1) is 9.40 Å². The maximum Gasteiger partial charge on any atom is 0.288 e. The SMILES string of the molecule is O=[N+]([O-])c1cnc(NCC2(C3CC3)CC2)c(Br)c1. The van der Waals surface area contributed by atoms with E-state index in [1.54, 1.807) is 0 Å². The standard InChI is InChI=1S/C12H14BrN3O2/c13-10-5-9(16(17)18)6-14-11(10)15-7-12(3-4-12)8-1-2-8/h5-6,8H,1-4,7H2,(H,14,15). The maximum absolute atomic E-state index is 10.6. The summed E-state index contributed by atoms with van der Waals surface area (Å²) in [5.41, 5.74) is 0.499. The van der Waals surface area contributed by atoms with E-state index in [9.17, 15) is 10.1 Å². The van der Waals surface area contributed by atoms with Crippen LogP contribution in [-0.4, -0.2) is 16.5 Å². The molecule has 0 unspecified atom stereocenters. The molecule has 2 aliphatic carbocycles. The van der Waals surface area contributed by atoms with Crippen LogP contribution in [0.5, 0.6) is 0 Å². The summed E-state index contributed by atoms with van der Waals surface area (Å²) < 4.78 is 0.656. The van der Waals surface area contributed by atoms with Gasteiger partial charge in [0.25, 0.3) is 5.69 Å². The zero-order valence-corrected chi connectivity index (χ0v) is 11.4. The minimum absolute atomic E-state index is 0.00996. The zero-order valence-electron chi connectivity index (χ0n) is 9.86. The van der Waals surface area contributed by atoms with Crippen LogP contribution in [0.1, 0.15) is 25.7 Å². The molecular formula is C12H14BrN3O2. The Bertz CT molecular complexity index is 498. The molecule has 1 N–H and O–H groups in total. The average Bonchev–Trinajstić information content (AvgIpc) is 3.19. The Morgan fingerprint density at radius 1 is 1.56 bits per heavy atom. The third-order valence-corrected chi connectivity index (χ3v) is 4.59. The van der Waals surface area contributed by atoms with E-state index in [4.69, 9.17) is 0 Å². The lowest BCUT2D eigenvalue weighted by atomic mass is 10.0. The Morgan fingerprint density at radius 3 is 2.78 bits per heavy atom. The van der Waals surface area contributed by atoms with Gasteiger partial charge in [-0.3, -0.25) is 10.1 Å². The van der Waals surface area contributed by atoms with Gasteiger partial charge in [0.1, 0.15) is 12.0 Å². The molecule has 0 aliphatic heterocycles. The minimum atomic E-state index is -0.436. The normalized spacial score (nSPS) is 20.5. The van der Waals surface area contributed by atoms with E-state index in [2.05, 4.69) is 26.2 Å². The summed E-state index contributed by atoms with van der Waals surface area (Å²) >= 11 is 3.33. The van der Waals surface area contributed by atoms with Gasteiger partial charge in [0.2, 0.25) is 0 Å². The Morgan fingerprint density at radius 2 is 2.28 bits per heavy atom. The van der Waals surface area contributed by atoms with Crippen molar-refractivity contribution in [1.29, 1.82) is 0 Å². The summed E-state index contributed by atoms with van der Waals surface area (Å²) in [5.74, 6) is 1.59. The van der Waals surface area contributed by atoms with Crippen molar-refractivity contribution < 1.29 is 4.92 Å². The molecule has 0 bridgehead atoms. The summed E-state index contributed by atoms with van der Waals surface area (Å²) in [6.07, 6.45) is 6.61. The van der Waals surface area contributed by atoms with Gasteiger partial charge in [-0.2, -0.15) is 0 Å². The molecule has 3 rings (SSSR count). The third-order valence-electron chi connectivity index (χ3n) is 3.98. The van der Waals surface area contributed by atoms with Gasteiger partial charge < -0.3 is 5.32 Å². The van der Waals surface area contributed by atoms with Gasteiger partial charge in [-0.25, -0.2) is 4.98 Å². The Balaban J connectivity index is 1.67. The molecule has 0 saturated heterocycles. The summed E-state index contributed by atoms with van der Waals surface area (Å²) in [6, 6.07) is 1.49. The van der Waals surface area contributed by atoms with Gasteiger partial charge >= 0.3 is 0 Å². The molecule has 2 saturated carbocycles. The number of hydrogen-bond donors (Lipinski definition) is 1. The van der Waals surface area contributed by atoms with Crippen LogP contribution in [0, 0.1) is 21.4 Å². The van der Waals surface area contributed by atoms with Crippen molar-refractivity contribution in [2.45, 2.75) is 25.7 Å². The first-order valence-corrected chi connectivity index (χ1v) is 6.94. The predicted octanol–water partition coefficient (Wildman–Crippen LogP) is 3.35. The van der Waals surface area contributed by atoms with Gasteiger partial charge in [0, 0.05) is 12.6 Å². The quantitative estimate of drug-likeness (QED) is 0.669. The first-order valence-electron chi connectivity index (χ1n) is 6.14. The molecule has 6 heteroatoms. The topological polar surface area (TPSA) is 68.1 Å². The van der Waals surface area contributed by atoms with Crippen molar-refractivity contribution in [2.75, 3.05) is 11.9 Å². The van der Waals surface area contributed by atoms with Crippen molar-refractivity contribution >= 4 is 27.4 Å². The molecule has 2 fully saturated rings. The molecule has 0 radical (unpaired) electrons. The van der Waals surface area contributed by atoms with E-state index in [1.165, 1.54) is 37.9 Å². The highest BCUT2D eigenvalue weighted by Gasteiger charge is 2.53. The molecule has 1 aromatic heterocycles. The average molecular weight is 312 g/mol. The fourth-order valence-corrected chi connectivity index (χ4v) is 2.98. The monoisotopic (exact) mass is 311 g/mol. The molecule has 5 nitrogen and oxygen atoms in total. The molecule has 1 aromatic rings. The van der Waals surface area contributed by atoms with Crippen LogP contribution >= 0.6 is 15.9 Å². The van der Waals surface area contributed by atoms with Crippen LogP contribution in [0.15, 0.2) is 16.7 Å². The Kier molecular flexibility index (Phi) is 2.77. The zero-order chi connectivity index (χ0) is 12.8. The van der Waals surface area contributed by atoms with Gasteiger partial charge in [-0.1, -0.05) is 0 Å². The van der Waals surface area contributed by atoms with Crippen molar-refractivity contribution in [1.82, 2.24) is 4.98 Å². The van der Waals surface area contributed by atoms with E-state index in [0.29, 0.717) is 15.7 Å². The highest BCUT2D eigenvalue weighted by Crippen LogP contribution is 2.61. The Labute approximate surface area is 113 Å². The summed E-state index contributed by atoms with van der Waals surface area (Å²) in [7, 11) is 0. The largest absolute Gasteiger partial charge is 0.369 e. The molecule has 0 aromatic carbocycles. The fraction of sp³-hybridized carbons (Fsp3) is 0.583. The lowest BCUT2D eigenvalue weighted by Gasteiger charge is -2.15. The van der Waals surface area contributed by atoms with Crippen molar-refractivity contribution in [3.05, 3.63) is 26.9 Å². The molecule has 18 heavy (non-hydrogen) atoms. The van der Waals surface area contributed by atoms with E-state index in [0.717, 1.165) is 12.5 Å². The highest BCUT2D eigenvalue weighted by atomic mass is 79.9. The molecule has 96 valence electrons. The summed E-state index contributed by atoms with van der Waals surface area (Å²) in [6.45, 7) is 0.932. The van der Waals surface area contributed by atoms with Crippen LogP contribution < -0.4 is 5.32 Å². The number of rotatable bonds is 5. The number of hydrogen-bond acceptors (Lipinski definition) is 4. The van der Waals surface area contributed by atoms with Crippen LogP contribution in [0.3, 0.4) is 0 Å². The summed E-state index contributed by atoms with van der Waals surface area (Å²) in [4.78, 5) is 14.3.